The van der Waals surface area contributed by atoms with E-state index in [-0.39, 0.29) is 296 Å². The van der Waals surface area contributed by atoms with E-state index >= 15 is 0 Å². The van der Waals surface area contributed by atoms with E-state index < -0.39 is 36.4 Å². The molecule has 0 bridgehead atoms. The van der Waals surface area contributed by atoms with Gasteiger partial charge in [-0.25, -0.2) is 4.79 Å². The second kappa shape index (κ2) is 40.7. The molecule has 94 valence electrons. The maximum absolute atomic E-state index is 10.3. The van der Waals surface area contributed by atoms with Crippen LogP contribution in [0.2, 0.25) is 0 Å². The number of aliphatic carboxylic acids is 3. The van der Waals surface area contributed by atoms with Crippen molar-refractivity contribution in [2.75, 3.05) is 0 Å². The normalized spacial score (nSPS) is 6.13. The number of hydrogen-bond acceptors (Lipinski definition) is 4. The van der Waals surface area contributed by atoms with Crippen molar-refractivity contribution in [2.24, 2.45) is 0 Å². The number of aliphatic hydroxyl groups is 1. The van der Waals surface area contributed by atoms with Crippen molar-refractivity contribution in [1.29, 1.82) is 0 Å². The summed E-state index contributed by atoms with van der Waals surface area (Å²) in [6.45, 7) is 0. The zero-order valence-electron chi connectivity index (χ0n) is 6.43. The first-order valence-electron chi connectivity index (χ1n) is 3.17. The molecule has 0 spiro atoms. The van der Waals surface area contributed by atoms with Gasteiger partial charge in [0.15, 0.2) is 5.60 Å². The molecule has 4 N–H and O–H groups in total. The molecule has 0 amide bonds. The van der Waals surface area contributed by atoms with Gasteiger partial charge >= 0.3 is 313 Å². The minimum absolute atomic E-state index is 0. The van der Waals surface area contributed by atoms with E-state index in [1.807, 2.05) is 0 Å². The number of hydrogen-bond donors (Lipinski definition) is 4. The fourth-order valence-electron chi connectivity index (χ4n) is 0.714. The molecule has 0 saturated carbocycles. The average molecular weight is 432 g/mol. The van der Waals surface area contributed by atoms with E-state index in [0.717, 1.165) is 0 Å². The Bertz CT molecular complexity index is 250. The van der Waals surface area contributed by atoms with Gasteiger partial charge in [0, 0.05) is 0 Å². The number of carbonyl (C=O) groups is 3. The molecule has 0 aromatic rings. The third-order valence-electron chi connectivity index (χ3n) is 1.29. The van der Waals surface area contributed by atoms with Crippen LogP contribution in [0, 0.1) is 0 Å². The Morgan fingerprint density at radius 1 is 0.565 bits per heavy atom. The Morgan fingerprint density at radius 2 is 0.739 bits per heavy atom. The van der Waals surface area contributed by atoms with Crippen LogP contribution < -0.4 is 0 Å². The predicted molar refractivity (Wildman–Crippen MR) is 109 cm³/mol. The summed E-state index contributed by atoms with van der Waals surface area (Å²) in [5, 5.41) is 33.8. The van der Waals surface area contributed by atoms with Crippen LogP contribution in [0.5, 0.6) is 0 Å². The first-order valence-corrected chi connectivity index (χ1v) is 3.17. The summed E-state index contributed by atoms with van der Waals surface area (Å²) in [6, 6.07) is 0. The van der Waals surface area contributed by atoms with Crippen LogP contribution in [0.4, 0.5) is 0 Å². The van der Waals surface area contributed by atoms with Crippen molar-refractivity contribution in [3.05, 3.63) is 0 Å². The van der Waals surface area contributed by atoms with Gasteiger partial charge in [0.25, 0.3) is 0 Å². The Morgan fingerprint density at radius 3 is 0.826 bits per heavy atom. The first-order chi connectivity index (χ1) is 5.78. The molecule has 0 fully saturated rings. The Kier molecular flexibility index (Phi) is 123. The van der Waals surface area contributed by atoms with Gasteiger partial charge < -0.3 is 20.4 Å². The summed E-state index contributed by atoms with van der Waals surface area (Å²) in [7, 11) is 0. The van der Waals surface area contributed by atoms with Gasteiger partial charge in [0.05, 0.1) is 12.8 Å². The molecule has 0 aromatic carbocycles. The van der Waals surface area contributed by atoms with E-state index in [0.29, 0.717) is 0 Å². The van der Waals surface area contributed by atoms with E-state index in [9.17, 15) is 14.4 Å². The molecule has 0 saturated heterocycles. The van der Waals surface area contributed by atoms with Crippen molar-refractivity contribution in [3.63, 3.8) is 0 Å². The van der Waals surface area contributed by atoms with E-state index in [2.05, 4.69) is 0 Å². The van der Waals surface area contributed by atoms with Crippen molar-refractivity contribution in [2.45, 2.75) is 18.4 Å². The van der Waals surface area contributed by atoms with Crippen LogP contribution in [-0.2, 0) is 14.4 Å². The summed E-state index contributed by atoms with van der Waals surface area (Å²) in [5.41, 5.74) is -2.74. The molecule has 0 aliphatic carbocycles. The van der Waals surface area contributed by atoms with E-state index in [4.69, 9.17) is 20.4 Å². The van der Waals surface area contributed by atoms with Crippen molar-refractivity contribution in [3.8, 4) is 0 Å². The van der Waals surface area contributed by atoms with E-state index in [1.54, 1.807) is 0 Å². The van der Waals surface area contributed by atoms with E-state index in [1.165, 1.54) is 0 Å². The predicted octanol–water partition coefficient (Wildman–Crippen LogP) is -7.73. The van der Waals surface area contributed by atoms with Crippen LogP contribution in [0.25, 0.3) is 0 Å². The van der Waals surface area contributed by atoms with Crippen LogP contribution in [0.3, 0.4) is 0 Å². The number of carboxylic acids is 3. The first kappa shape index (κ1) is 69.7. The number of carboxylic acid groups (broad SMARTS) is 3. The summed E-state index contributed by atoms with van der Waals surface area (Å²) >= 11 is 0. The summed E-state index contributed by atoms with van der Waals surface area (Å²) < 4.78 is 0. The fourth-order valence-corrected chi connectivity index (χ4v) is 0.714. The molecule has 17 heteroatoms. The zero-order valence-corrected chi connectivity index (χ0v) is 6.43. The summed E-state index contributed by atoms with van der Waals surface area (Å²) in [6.07, 6.45) is -2.29. The van der Waals surface area contributed by atoms with Crippen LogP contribution in [-0.4, -0.2) is 340 Å². The number of rotatable bonds is 5. The monoisotopic (exact) mass is 432 g/mol. The fraction of sp³-hybridized carbons (Fsp3) is 0.500. The second-order valence-corrected chi connectivity index (χ2v) is 2.48. The van der Waals surface area contributed by atoms with Gasteiger partial charge in [0.2, 0.25) is 0 Å². The Balaban J connectivity index is -0.0000000160. The second-order valence-electron chi connectivity index (χ2n) is 2.48. The molecule has 0 radical (unpaired) electrons. The Hall–Kier alpha value is 8.37. The molecule has 0 atom stereocenters. The van der Waals surface area contributed by atoms with Crippen LogP contribution in [0.15, 0.2) is 0 Å². The van der Waals surface area contributed by atoms with Crippen molar-refractivity contribution < 1.29 is 34.8 Å². The van der Waals surface area contributed by atoms with Gasteiger partial charge in [0.1, 0.15) is 0 Å². The molecule has 23 heavy (non-hydrogen) atoms. The molecular formula is C6H18Na10O7. The maximum atomic E-state index is 10.3. The minimum atomic E-state index is -2.74. The van der Waals surface area contributed by atoms with Crippen molar-refractivity contribution >= 4 is 313 Å². The van der Waals surface area contributed by atoms with Gasteiger partial charge in [-0.2, -0.15) is 0 Å². The van der Waals surface area contributed by atoms with Gasteiger partial charge in [-0.3, -0.25) is 9.59 Å². The molecule has 0 aliphatic rings. The molecule has 0 unspecified atom stereocenters. The zero-order chi connectivity index (χ0) is 10.6. The standard InChI is InChI=1S/C6H8O7.10Na.10H/c7-3(8)1-6(13,5(11)12)2-4(9)10;;;;;;;;;;;;;;;;;;;;/h13H,1-2H2,(H,7,8)(H,9,10)(H,11,12);;;;;;;;;;;;;;;;;;;;. The molecule has 0 aromatic heterocycles. The Labute approximate surface area is 356 Å². The average Bonchev–Trinajstić information content (AvgIpc) is 1.82. The van der Waals surface area contributed by atoms with Crippen LogP contribution >= 0.6 is 0 Å². The van der Waals surface area contributed by atoms with Crippen molar-refractivity contribution in [1.82, 2.24) is 0 Å². The third kappa shape index (κ3) is 41.2. The SMILES string of the molecule is O=C(O)CC(O)(CC(=O)O)C(=O)O.[NaH].[NaH].[NaH].[NaH].[NaH].[NaH].[NaH].[NaH].[NaH].[NaH]. The summed E-state index contributed by atoms with van der Waals surface area (Å²) in [5.74, 6) is -5.02. The molecular weight excluding hydrogens is 414 g/mol. The topological polar surface area (TPSA) is 132 Å². The van der Waals surface area contributed by atoms with Gasteiger partial charge in [-0.15, -0.1) is 0 Å². The third-order valence-corrected chi connectivity index (χ3v) is 1.29. The van der Waals surface area contributed by atoms with Gasteiger partial charge in [-0.05, 0) is 0 Å². The van der Waals surface area contributed by atoms with Gasteiger partial charge in [-0.1, -0.05) is 0 Å². The quantitative estimate of drug-likeness (QED) is 0.318. The summed E-state index contributed by atoms with van der Waals surface area (Å²) in [4.78, 5) is 30.5. The molecule has 7 nitrogen and oxygen atoms in total. The molecule has 0 heterocycles. The van der Waals surface area contributed by atoms with Crippen LogP contribution in [0.1, 0.15) is 12.8 Å². The molecule has 0 aliphatic heterocycles. The molecule has 0 rings (SSSR count).